The van der Waals surface area contributed by atoms with Crippen LogP contribution in [-0.4, -0.2) is 57.3 Å². The molecule has 0 aromatic heterocycles. The molecule has 0 spiro atoms. The van der Waals surface area contributed by atoms with Gasteiger partial charge in [-0.3, -0.25) is 4.79 Å². The van der Waals surface area contributed by atoms with Crippen LogP contribution < -0.4 is 4.90 Å². The lowest BCUT2D eigenvalue weighted by Crippen LogP contribution is -2.48. The van der Waals surface area contributed by atoms with Crippen LogP contribution in [0.4, 0.5) is 18.9 Å². The number of alkyl halides is 3. The first-order valence-corrected chi connectivity index (χ1v) is 10.7. The number of carbonyl (C=O) groups is 1. The van der Waals surface area contributed by atoms with E-state index in [4.69, 9.17) is 9.47 Å². The predicted molar refractivity (Wildman–Crippen MR) is 112 cm³/mol. The van der Waals surface area contributed by atoms with Gasteiger partial charge in [-0.25, -0.2) is 0 Å². The van der Waals surface area contributed by atoms with Crippen molar-refractivity contribution in [3.05, 3.63) is 65.2 Å². The van der Waals surface area contributed by atoms with E-state index in [-0.39, 0.29) is 5.91 Å². The van der Waals surface area contributed by atoms with Crippen molar-refractivity contribution in [3.8, 4) is 0 Å². The van der Waals surface area contributed by atoms with Crippen LogP contribution in [0.5, 0.6) is 0 Å². The van der Waals surface area contributed by atoms with Crippen molar-refractivity contribution >= 4 is 11.6 Å². The molecular formula is C24H25F3N2O3. The van der Waals surface area contributed by atoms with Crippen LogP contribution in [0.15, 0.2) is 48.5 Å². The number of likely N-dealkylation sites (tertiary alicyclic amines) is 1. The number of hydrogen-bond acceptors (Lipinski definition) is 4. The molecule has 32 heavy (non-hydrogen) atoms. The number of anilines is 1. The molecular weight excluding hydrogens is 421 g/mol. The molecule has 3 aliphatic rings. The van der Waals surface area contributed by atoms with E-state index in [0.717, 1.165) is 36.5 Å². The Morgan fingerprint density at radius 2 is 1.56 bits per heavy atom. The number of ether oxygens (including phenoxy) is 2. The minimum atomic E-state index is -4.32. The zero-order valence-corrected chi connectivity index (χ0v) is 17.8. The fourth-order valence-electron chi connectivity index (χ4n) is 5.02. The Kier molecular flexibility index (Phi) is 5.17. The highest BCUT2D eigenvalue weighted by Gasteiger charge is 2.43. The number of rotatable bonds is 4. The minimum absolute atomic E-state index is 0.0170. The van der Waals surface area contributed by atoms with Gasteiger partial charge < -0.3 is 19.3 Å². The average molecular weight is 446 g/mol. The summed E-state index contributed by atoms with van der Waals surface area (Å²) in [5, 5.41) is 0. The van der Waals surface area contributed by atoms with Gasteiger partial charge >= 0.3 is 6.18 Å². The Morgan fingerprint density at radius 3 is 2.03 bits per heavy atom. The lowest BCUT2D eigenvalue weighted by atomic mass is 9.91. The normalized spacial score (nSPS) is 24.4. The van der Waals surface area contributed by atoms with Gasteiger partial charge in [-0.05, 0) is 42.0 Å². The molecule has 0 N–H and O–H groups in total. The molecule has 0 saturated carbocycles. The molecule has 5 nitrogen and oxygen atoms in total. The maximum atomic E-state index is 13.0. The van der Waals surface area contributed by atoms with Crippen molar-refractivity contribution in [2.75, 3.05) is 51.4 Å². The summed E-state index contributed by atoms with van der Waals surface area (Å²) >= 11 is 0. The number of methoxy groups -OCH3 is 1. The Hall–Kier alpha value is -2.58. The molecule has 0 bridgehead atoms. The van der Waals surface area contributed by atoms with Crippen LogP contribution in [0.1, 0.15) is 21.5 Å². The zero-order chi connectivity index (χ0) is 22.5. The summed E-state index contributed by atoms with van der Waals surface area (Å²) in [4.78, 5) is 17.0. The number of amides is 1. The maximum absolute atomic E-state index is 13.0. The van der Waals surface area contributed by atoms with Crippen LogP contribution in [0.3, 0.4) is 0 Å². The third-order valence-corrected chi connectivity index (χ3v) is 7.05. The van der Waals surface area contributed by atoms with Gasteiger partial charge in [0.05, 0.1) is 18.8 Å². The van der Waals surface area contributed by atoms with E-state index in [2.05, 4.69) is 4.90 Å². The monoisotopic (exact) mass is 446 g/mol. The molecule has 2 aromatic carbocycles. The van der Waals surface area contributed by atoms with E-state index < -0.39 is 17.3 Å². The second-order valence-corrected chi connectivity index (χ2v) is 8.95. The van der Waals surface area contributed by atoms with Crippen molar-refractivity contribution in [1.82, 2.24) is 4.90 Å². The van der Waals surface area contributed by atoms with Gasteiger partial charge in [-0.15, -0.1) is 0 Å². The van der Waals surface area contributed by atoms with E-state index in [9.17, 15) is 18.0 Å². The summed E-state index contributed by atoms with van der Waals surface area (Å²) in [6.45, 7) is 3.85. The Bertz CT molecular complexity index is 968. The van der Waals surface area contributed by atoms with Gasteiger partial charge in [0.15, 0.2) is 0 Å². The summed E-state index contributed by atoms with van der Waals surface area (Å²) in [5.74, 6) is 0.664. The SMILES string of the molecule is COC1(c2ccc(C(=O)N3CC4CN(c5ccc(C(F)(F)F)cc5)CC4C3)cc2)COC1. The second-order valence-electron chi connectivity index (χ2n) is 8.95. The van der Waals surface area contributed by atoms with Crippen LogP contribution >= 0.6 is 0 Å². The standard InChI is InChI=1S/C24H25F3N2O3/c1-31-23(14-32-15-23)19-4-2-16(3-5-19)22(30)29-12-17-10-28(11-18(17)13-29)21-8-6-20(7-9-21)24(25,26)27/h2-9,17-18H,10-15H2,1H3. The molecule has 0 radical (unpaired) electrons. The largest absolute Gasteiger partial charge is 0.416 e. The van der Waals surface area contributed by atoms with Crippen molar-refractivity contribution in [2.24, 2.45) is 11.8 Å². The van der Waals surface area contributed by atoms with E-state index in [1.807, 2.05) is 29.2 Å². The molecule has 1 amide bonds. The van der Waals surface area contributed by atoms with Crippen molar-refractivity contribution in [1.29, 1.82) is 0 Å². The molecule has 3 fully saturated rings. The smallest absolute Gasteiger partial charge is 0.375 e. The summed E-state index contributed by atoms with van der Waals surface area (Å²) in [6.07, 6.45) is -4.32. The van der Waals surface area contributed by atoms with E-state index >= 15 is 0 Å². The average Bonchev–Trinajstić information content (AvgIpc) is 3.32. The van der Waals surface area contributed by atoms with Crippen molar-refractivity contribution in [2.45, 2.75) is 11.8 Å². The lowest BCUT2D eigenvalue weighted by Gasteiger charge is -2.40. The van der Waals surface area contributed by atoms with Crippen LogP contribution in [0.25, 0.3) is 0 Å². The first kappa shape index (κ1) is 21.3. The highest BCUT2D eigenvalue weighted by molar-refractivity contribution is 5.94. The van der Waals surface area contributed by atoms with Gasteiger partial charge in [0.25, 0.3) is 5.91 Å². The molecule has 3 aliphatic heterocycles. The Balaban J connectivity index is 1.20. The number of benzene rings is 2. The van der Waals surface area contributed by atoms with Crippen LogP contribution in [-0.2, 0) is 21.3 Å². The maximum Gasteiger partial charge on any atom is 0.416 e. The van der Waals surface area contributed by atoms with Crippen molar-refractivity contribution in [3.63, 3.8) is 0 Å². The quantitative estimate of drug-likeness (QED) is 0.717. The molecule has 3 heterocycles. The number of carbonyl (C=O) groups excluding carboxylic acids is 1. The molecule has 8 heteroatoms. The molecule has 5 rings (SSSR count). The highest BCUT2D eigenvalue weighted by atomic mass is 19.4. The second kappa shape index (κ2) is 7.78. The van der Waals surface area contributed by atoms with Gasteiger partial charge in [-0.1, -0.05) is 12.1 Å². The Morgan fingerprint density at radius 1 is 0.969 bits per heavy atom. The van der Waals surface area contributed by atoms with E-state index in [1.54, 1.807) is 7.11 Å². The third-order valence-electron chi connectivity index (χ3n) is 7.05. The molecule has 2 aromatic rings. The summed E-state index contributed by atoms with van der Waals surface area (Å²) < 4.78 is 49.3. The summed E-state index contributed by atoms with van der Waals surface area (Å²) in [5.41, 5.74) is 1.42. The zero-order valence-electron chi connectivity index (χ0n) is 17.8. The molecule has 2 unspecified atom stereocenters. The number of hydrogen-bond donors (Lipinski definition) is 0. The minimum Gasteiger partial charge on any atom is -0.375 e. The van der Waals surface area contributed by atoms with Gasteiger partial charge in [0.2, 0.25) is 0 Å². The fourth-order valence-corrected chi connectivity index (χ4v) is 5.02. The fraction of sp³-hybridized carbons (Fsp3) is 0.458. The topological polar surface area (TPSA) is 42.0 Å². The number of nitrogens with zero attached hydrogens (tertiary/aromatic N) is 2. The summed E-state index contributed by atoms with van der Waals surface area (Å²) in [7, 11) is 1.67. The number of halogens is 3. The first-order valence-electron chi connectivity index (χ1n) is 10.7. The molecule has 170 valence electrons. The molecule has 0 aliphatic carbocycles. The predicted octanol–water partition coefficient (Wildman–Crippen LogP) is 3.79. The Labute approximate surface area is 184 Å². The number of fused-ring (bicyclic) bond motifs is 1. The van der Waals surface area contributed by atoms with Gasteiger partial charge in [0.1, 0.15) is 5.60 Å². The van der Waals surface area contributed by atoms with Crippen LogP contribution in [0.2, 0.25) is 0 Å². The first-order chi connectivity index (χ1) is 15.3. The van der Waals surface area contributed by atoms with Gasteiger partial charge in [-0.2, -0.15) is 13.2 Å². The molecule has 2 atom stereocenters. The van der Waals surface area contributed by atoms with Crippen LogP contribution in [0, 0.1) is 11.8 Å². The van der Waals surface area contributed by atoms with E-state index in [0.29, 0.717) is 43.7 Å². The highest BCUT2D eigenvalue weighted by Crippen LogP contribution is 2.37. The third kappa shape index (κ3) is 3.65. The summed E-state index contributed by atoms with van der Waals surface area (Å²) in [6, 6.07) is 12.9. The van der Waals surface area contributed by atoms with E-state index in [1.165, 1.54) is 12.1 Å². The lowest BCUT2D eigenvalue weighted by molar-refractivity contribution is -0.202. The van der Waals surface area contributed by atoms with Gasteiger partial charge in [0, 0.05) is 56.4 Å². The molecule has 3 saturated heterocycles. The van der Waals surface area contributed by atoms with Crippen molar-refractivity contribution < 1.29 is 27.4 Å².